The number of likely N-dealkylation sites (tertiary alicyclic amines) is 1. The molecule has 2 aromatic heterocycles. The summed E-state index contributed by atoms with van der Waals surface area (Å²) in [5, 5.41) is 23.3. The van der Waals surface area contributed by atoms with Crippen LogP contribution in [0.15, 0.2) is 48.0 Å². The number of carbonyl (C=O) groups excluding carboxylic acids is 2. The minimum absolute atomic E-state index is 0.0925. The Labute approximate surface area is 207 Å². The highest BCUT2D eigenvalue weighted by Crippen LogP contribution is 2.21. The van der Waals surface area contributed by atoms with Crippen LogP contribution in [0.25, 0.3) is 0 Å². The third-order valence-corrected chi connectivity index (χ3v) is 6.22. The van der Waals surface area contributed by atoms with Crippen LogP contribution in [-0.2, 0) is 0 Å². The molecule has 1 aromatic carbocycles. The van der Waals surface area contributed by atoms with Crippen molar-refractivity contribution in [1.29, 1.82) is 5.26 Å². The molecule has 1 saturated heterocycles. The lowest BCUT2D eigenvalue weighted by atomic mass is 10.2. The number of anilines is 4. The zero-order valence-corrected chi connectivity index (χ0v) is 19.9. The average Bonchev–Trinajstić information content (AvgIpc) is 3.59. The Morgan fingerprint density at radius 2 is 1.94 bits per heavy atom. The molecule has 3 aromatic rings. The summed E-state index contributed by atoms with van der Waals surface area (Å²) in [5.74, 6) is 0.638. The van der Waals surface area contributed by atoms with E-state index in [0.717, 1.165) is 25.9 Å². The van der Waals surface area contributed by atoms with Gasteiger partial charge in [0, 0.05) is 37.6 Å². The van der Waals surface area contributed by atoms with Gasteiger partial charge in [-0.3, -0.25) is 4.79 Å². The number of amides is 3. The van der Waals surface area contributed by atoms with E-state index in [9.17, 15) is 14.9 Å². The fourth-order valence-electron chi connectivity index (χ4n) is 3.58. The molecule has 35 heavy (non-hydrogen) atoms. The molecule has 1 aliphatic heterocycles. The Morgan fingerprint density at radius 3 is 2.71 bits per heavy atom. The van der Waals surface area contributed by atoms with Crippen molar-refractivity contribution in [2.45, 2.75) is 19.3 Å². The van der Waals surface area contributed by atoms with E-state index in [0.29, 0.717) is 53.1 Å². The number of hydrogen-bond donors (Lipinski definition) is 4. The third kappa shape index (κ3) is 6.68. The van der Waals surface area contributed by atoms with E-state index >= 15 is 0 Å². The molecule has 11 heteroatoms. The molecule has 0 spiro atoms. The van der Waals surface area contributed by atoms with Gasteiger partial charge in [-0.1, -0.05) is 12.1 Å². The van der Waals surface area contributed by atoms with Crippen LogP contribution in [-0.4, -0.2) is 53.0 Å². The number of carbonyl (C=O) groups is 2. The molecule has 3 amide bonds. The quantitative estimate of drug-likeness (QED) is 0.333. The van der Waals surface area contributed by atoms with Gasteiger partial charge in [0.25, 0.3) is 5.91 Å². The summed E-state index contributed by atoms with van der Waals surface area (Å²) >= 11 is 1.40. The zero-order valence-electron chi connectivity index (χ0n) is 19.1. The van der Waals surface area contributed by atoms with Gasteiger partial charge in [0.1, 0.15) is 17.5 Å². The molecule has 3 heterocycles. The summed E-state index contributed by atoms with van der Waals surface area (Å²) in [6, 6.07) is 12.9. The SMILES string of the molecule is N#Cc1cnc(Nc2cccc(NC(=O)N3CCCC3)c2)nc1NCCCNC(=O)c1cccs1. The molecule has 0 bridgehead atoms. The minimum atomic E-state index is -0.104. The maximum absolute atomic E-state index is 12.4. The summed E-state index contributed by atoms with van der Waals surface area (Å²) in [5.41, 5.74) is 1.70. The number of hydrogen-bond acceptors (Lipinski definition) is 8. The molecule has 0 aliphatic carbocycles. The van der Waals surface area contributed by atoms with Gasteiger partial charge in [0.05, 0.1) is 11.1 Å². The molecular weight excluding hydrogens is 464 g/mol. The Morgan fingerprint density at radius 1 is 1.11 bits per heavy atom. The standard InChI is InChI=1S/C24H26N8O2S/c25-15-17-16-28-23(31-21(17)26-9-5-10-27-22(33)20-8-4-13-35-20)29-18-6-3-7-19(14-18)30-24(34)32-11-1-2-12-32/h3-4,6-8,13-14,16H,1-2,5,9-12H2,(H,27,33)(H,30,34)(H2,26,28,29,31). The Bertz CT molecular complexity index is 1200. The van der Waals surface area contributed by atoms with Crippen LogP contribution in [0.2, 0.25) is 0 Å². The molecule has 1 aliphatic rings. The monoisotopic (exact) mass is 490 g/mol. The fraction of sp³-hybridized carbons (Fsp3) is 0.292. The number of rotatable bonds is 9. The average molecular weight is 491 g/mol. The van der Waals surface area contributed by atoms with Crippen molar-refractivity contribution in [2.75, 3.05) is 42.1 Å². The van der Waals surface area contributed by atoms with E-state index in [4.69, 9.17) is 0 Å². The molecule has 0 saturated carbocycles. The summed E-state index contributed by atoms with van der Waals surface area (Å²) in [6.07, 6.45) is 4.18. The lowest BCUT2D eigenvalue weighted by Gasteiger charge is -2.16. The highest BCUT2D eigenvalue weighted by molar-refractivity contribution is 7.12. The number of aromatic nitrogens is 2. The minimum Gasteiger partial charge on any atom is -0.369 e. The number of nitriles is 1. The second-order valence-corrected chi connectivity index (χ2v) is 8.86. The van der Waals surface area contributed by atoms with E-state index in [1.54, 1.807) is 17.0 Å². The number of nitrogens with zero attached hydrogens (tertiary/aromatic N) is 4. The summed E-state index contributed by atoms with van der Waals surface area (Å²) < 4.78 is 0. The summed E-state index contributed by atoms with van der Waals surface area (Å²) in [6.45, 7) is 2.57. The van der Waals surface area contributed by atoms with E-state index in [-0.39, 0.29) is 11.9 Å². The Balaban J connectivity index is 1.31. The molecule has 0 unspecified atom stereocenters. The van der Waals surface area contributed by atoms with Crippen molar-refractivity contribution < 1.29 is 9.59 Å². The van der Waals surface area contributed by atoms with Gasteiger partial charge in [-0.15, -0.1) is 11.3 Å². The van der Waals surface area contributed by atoms with E-state index < -0.39 is 0 Å². The molecule has 0 radical (unpaired) electrons. The van der Waals surface area contributed by atoms with Gasteiger partial charge in [0.2, 0.25) is 5.95 Å². The van der Waals surface area contributed by atoms with Crippen molar-refractivity contribution in [3.63, 3.8) is 0 Å². The van der Waals surface area contributed by atoms with Crippen molar-refractivity contribution in [3.8, 4) is 6.07 Å². The molecule has 0 atom stereocenters. The van der Waals surface area contributed by atoms with Crippen molar-refractivity contribution in [3.05, 3.63) is 58.4 Å². The highest BCUT2D eigenvalue weighted by atomic mass is 32.1. The number of thiophene rings is 1. The maximum Gasteiger partial charge on any atom is 0.321 e. The van der Waals surface area contributed by atoms with Gasteiger partial charge in [0.15, 0.2) is 0 Å². The molecule has 10 nitrogen and oxygen atoms in total. The van der Waals surface area contributed by atoms with Crippen LogP contribution in [0, 0.1) is 11.3 Å². The molecular formula is C24H26N8O2S. The number of urea groups is 1. The first-order chi connectivity index (χ1) is 17.1. The van der Waals surface area contributed by atoms with Crippen LogP contribution in [0.1, 0.15) is 34.5 Å². The normalized spacial score (nSPS) is 12.6. The highest BCUT2D eigenvalue weighted by Gasteiger charge is 2.17. The van der Waals surface area contributed by atoms with Gasteiger partial charge >= 0.3 is 6.03 Å². The second-order valence-electron chi connectivity index (χ2n) is 7.91. The van der Waals surface area contributed by atoms with Crippen LogP contribution in [0.4, 0.5) is 27.9 Å². The third-order valence-electron chi connectivity index (χ3n) is 5.35. The smallest absolute Gasteiger partial charge is 0.321 e. The number of nitrogens with one attached hydrogen (secondary N) is 4. The van der Waals surface area contributed by atoms with Crippen LogP contribution < -0.4 is 21.3 Å². The first-order valence-corrected chi connectivity index (χ1v) is 12.3. The zero-order chi connectivity index (χ0) is 24.5. The first-order valence-electron chi connectivity index (χ1n) is 11.4. The van der Waals surface area contributed by atoms with E-state index in [1.807, 2.05) is 29.6 Å². The topological polar surface area (TPSA) is 135 Å². The lowest BCUT2D eigenvalue weighted by Crippen LogP contribution is -2.32. The van der Waals surface area contributed by atoms with Gasteiger partial charge in [-0.2, -0.15) is 10.2 Å². The second kappa shape index (κ2) is 11.8. The maximum atomic E-state index is 12.4. The van der Waals surface area contributed by atoms with Gasteiger partial charge in [-0.25, -0.2) is 9.78 Å². The Hall–Kier alpha value is -4.17. The first kappa shape index (κ1) is 24.0. The van der Waals surface area contributed by atoms with E-state index in [1.165, 1.54) is 17.5 Å². The van der Waals surface area contributed by atoms with Crippen LogP contribution in [0.5, 0.6) is 0 Å². The van der Waals surface area contributed by atoms with Crippen molar-refractivity contribution >= 4 is 46.4 Å². The number of benzene rings is 1. The van der Waals surface area contributed by atoms with E-state index in [2.05, 4.69) is 37.3 Å². The molecule has 4 rings (SSSR count). The molecule has 180 valence electrons. The van der Waals surface area contributed by atoms with Crippen molar-refractivity contribution in [2.24, 2.45) is 0 Å². The van der Waals surface area contributed by atoms with Crippen LogP contribution >= 0.6 is 11.3 Å². The predicted molar refractivity (Wildman–Crippen MR) is 136 cm³/mol. The summed E-state index contributed by atoms with van der Waals surface area (Å²) in [4.78, 5) is 35.5. The molecule has 4 N–H and O–H groups in total. The lowest BCUT2D eigenvalue weighted by molar-refractivity contribution is 0.0957. The van der Waals surface area contributed by atoms with Gasteiger partial charge < -0.3 is 26.2 Å². The largest absolute Gasteiger partial charge is 0.369 e. The van der Waals surface area contributed by atoms with Crippen LogP contribution in [0.3, 0.4) is 0 Å². The summed E-state index contributed by atoms with van der Waals surface area (Å²) in [7, 11) is 0. The predicted octanol–water partition coefficient (Wildman–Crippen LogP) is 4.01. The van der Waals surface area contributed by atoms with Crippen molar-refractivity contribution in [1.82, 2.24) is 20.2 Å². The molecule has 1 fully saturated rings. The Kier molecular flexibility index (Phi) is 8.08. The fourth-order valence-corrected chi connectivity index (χ4v) is 4.22. The van der Waals surface area contributed by atoms with Gasteiger partial charge in [-0.05, 0) is 48.9 Å².